The van der Waals surface area contributed by atoms with Crippen LogP contribution in [-0.4, -0.2) is 33.8 Å². The SMILES string of the molecule is CCOc1ccc(-c2cc(=O)n(CCNC(=O)Cc3noc4ccccc34)cn2)cc1. The van der Waals surface area contributed by atoms with Crippen LogP contribution in [-0.2, 0) is 17.8 Å². The average Bonchev–Trinajstić information content (AvgIpc) is 3.18. The number of rotatable bonds is 8. The largest absolute Gasteiger partial charge is 0.494 e. The minimum atomic E-state index is -0.189. The Balaban J connectivity index is 1.33. The van der Waals surface area contributed by atoms with Gasteiger partial charge in [-0.2, -0.15) is 0 Å². The molecule has 2 heterocycles. The van der Waals surface area contributed by atoms with Crippen molar-refractivity contribution in [1.29, 1.82) is 0 Å². The zero-order chi connectivity index (χ0) is 21.6. The molecule has 0 atom stereocenters. The van der Waals surface area contributed by atoms with E-state index in [9.17, 15) is 9.59 Å². The second kappa shape index (κ2) is 9.25. The van der Waals surface area contributed by atoms with E-state index in [2.05, 4.69) is 15.5 Å². The number of ether oxygens (including phenoxy) is 1. The molecule has 0 saturated carbocycles. The van der Waals surface area contributed by atoms with Crippen molar-refractivity contribution < 1.29 is 14.1 Å². The molecule has 31 heavy (non-hydrogen) atoms. The summed E-state index contributed by atoms with van der Waals surface area (Å²) in [7, 11) is 0. The monoisotopic (exact) mass is 418 g/mol. The molecule has 1 amide bonds. The highest BCUT2D eigenvalue weighted by Crippen LogP contribution is 2.20. The summed E-state index contributed by atoms with van der Waals surface area (Å²) >= 11 is 0. The molecule has 2 aromatic heterocycles. The molecule has 0 radical (unpaired) electrons. The van der Waals surface area contributed by atoms with Crippen molar-refractivity contribution in [3.8, 4) is 17.0 Å². The molecule has 2 aromatic carbocycles. The van der Waals surface area contributed by atoms with Gasteiger partial charge in [-0.05, 0) is 43.3 Å². The van der Waals surface area contributed by atoms with Gasteiger partial charge in [0, 0.05) is 30.1 Å². The first-order chi connectivity index (χ1) is 15.1. The highest BCUT2D eigenvalue weighted by molar-refractivity contribution is 5.86. The zero-order valence-electron chi connectivity index (χ0n) is 17.1. The minimum Gasteiger partial charge on any atom is -0.494 e. The molecule has 0 saturated heterocycles. The molecule has 1 N–H and O–H groups in total. The summed E-state index contributed by atoms with van der Waals surface area (Å²) in [6.45, 7) is 3.15. The van der Waals surface area contributed by atoms with Crippen molar-refractivity contribution >= 4 is 16.9 Å². The molecule has 0 aliphatic heterocycles. The number of amides is 1. The topological polar surface area (TPSA) is 99.2 Å². The Hall–Kier alpha value is -3.94. The van der Waals surface area contributed by atoms with E-state index in [0.717, 1.165) is 16.7 Å². The van der Waals surface area contributed by atoms with E-state index in [1.807, 2.05) is 49.4 Å². The fourth-order valence-corrected chi connectivity index (χ4v) is 3.24. The molecule has 158 valence electrons. The fraction of sp³-hybridized carbons (Fsp3) is 0.217. The van der Waals surface area contributed by atoms with E-state index in [1.165, 1.54) is 17.0 Å². The van der Waals surface area contributed by atoms with Gasteiger partial charge in [0.2, 0.25) is 5.91 Å². The van der Waals surface area contributed by atoms with Gasteiger partial charge in [0.1, 0.15) is 11.4 Å². The molecule has 8 heteroatoms. The molecule has 0 fully saturated rings. The predicted molar refractivity (Wildman–Crippen MR) is 116 cm³/mol. The van der Waals surface area contributed by atoms with Crippen LogP contribution in [0.25, 0.3) is 22.2 Å². The van der Waals surface area contributed by atoms with E-state index in [-0.39, 0.29) is 17.9 Å². The molecule has 8 nitrogen and oxygen atoms in total. The van der Waals surface area contributed by atoms with Crippen LogP contribution in [0.1, 0.15) is 12.6 Å². The average molecular weight is 418 g/mol. The maximum Gasteiger partial charge on any atom is 0.253 e. The van der Waals surface area contributed by atoms with Crippen molar-refractivity contribution in [1.82, 2.24) is 20.0 Å². The van der Waals surface area contributed by atoms with Crippen molar-refractivity contribution in [2.24, 2.45) is 0 Å². The number of nitrogens with one attached hydrogen (secondary N) is 1. The minimum absolute atomic E-state index is 0.112. The molecular weight excluding hydrogens is 396 g/mol. The van der Waals surface area contributed by atoms with Crippen LogP contribution >= 0.6 is 0 Å². The third kappa shape index (κ3) is 4.80. The summed E-state index contributed by atoms with van der Waals surface area (Å²) in [4.78, 5) is 29.0. The van der Waals surface area contributed by atoms with Crippen LogP contribution in [0, 0.1) is 0 Å². The molecular formula is C23H22N4O4. The fourth-order valence-electron chi connectivity index (χ4n) is 3.24. The summed E-state index contributed by atoms with van der Waals surface area (Å²) in [6, 6.07) is 16.3. The molecule has 0 unspecified atom stereocenters. The number of hydrogen-bond donors (Lipinski definition) is 1. The maximum absolute atomic E-state index is 12.4. The second-order valence-electron chi connectivity index (χ2n) is 6.92. The smallest absolute Gasteiger partial charge is 0.253 e. The summed E-state index contributed by atoms with van der Waals surface area (Å²) in [5, 5.41) is 7.59. The van der Waals surface area contributed by atoms with Crippen molar-refractivity contribution in [3.63, 3.8) is 0 Å². The third-order valence-corrected chi connectivity index (χ3v) is 4.80. The third-order valence-electron chi connectivity index (χ3n) is 4.80. The Labute approximate surface area is 178 Å². The number of carbonyl (C=O) groups is 1. The van der Waals surface area contributed by atoms with Crippen LogP contribution in [0.15, 0.2) is 70.2 Å². The lowest BCUT2D eigenvalue weighted by Crippen LogP contribution is -2.31. The highest BCUT2D eigenvalue weighted by Gasteiger charge is 2.12. The normalized spacial score (nSPS) is 10.9. The van der Waals surface area contributed by atoms with Gasteiger partial charge in [-0.3, -0.25) is 14.2 Å². The van der Waals surface area contributed by atoms with Crippen molar-refractivity contribution in [3.05, 3.63) is 77.0 Å². The van der Waals surface area contributed by atoms with E-state index >= 15 is 0 Å². The van der Waals surface area contributed by atoms with Gasteiger partial charge in [0.15, 0.2) is 5.58 Å². The lowest BCUT2D eigenvalue weighted by atomic mass is 10.1. The number of aromatic nitrogens is 3. The first-order valence-electron chi connectivity index (χ1n) is 10.0. The number of fused-ring (bicyclic) bond motifs is 1. The van der Waals surface area contributed by atoms with Gasteiger partial charge in [-0.25, -0.2) is 4.98 Å². The number of para-hydroxylation sites is 1. The quantitative estimate of drug-likeness (QED) is 0.472. The molecule has 0 aliphatic carbocycles. The number of benzene rings is 2. The van der Waals surface area contributed by atoms with E-state index in [0.29, 0.717) is 36.7 Å². The maximum atomic E-state index is 12.4. The van der Waals surface area contributed by atoms with Crippen molar-refractivity contribution in [2.75, 3.05) is 13.2 Å². The van der Waals surface area contributed by atoms with Crippen LogP contribution in [0.2, 0.25) is 0 Å². The summed E-state index contributed by atoms with van der Waals surface area (Å²) in [6.07, 6.45) is 1.60. The Morgan fingerprint density at radius 2 is 1.97 bits per heavy atom. The molecule has 0 spiro atoms. The number of nitrogens with zero attached hydrogens (tertiary/aromatic N) is 3. The highest BCUT2D eigenvalue weighted by atomic mass is 16.5. The summed E-state index contributed by atoms with van der Waals surface area (Å²) in [5.41, 5.74) is 2.48. The van der Waals surface area contributed by atoms with Gasteiger partial charge in [0.05, 0.1) is 25.0 Å². The van der Waals surface area contributed by atoms with Gasteiger partial charge in [-0.15, -0.1) is 0 Å². The van der Waals surface area contributed by atoms with Gasteiger partial charge >= 0.3 is 0 Å². The first-order valence-corrected chi connectivity index (χ1v) is 10.0. The van der Waals surface area contributed by atoms with Gasteiger partial charge in [-0.1, -0.05) is 17.3 Å². The van der Waals surface area contributed by atoms with Crippen molar-refractivity contribution in [2.45, 2.75) is 19.9 Å². The first kappa shape index (κ1) is 20.3. The Morgan fingerprint density at radius 3 is 2.74 bits per heavy atom. The summed E-state index contributed by atoms with van der Waals surface area (Å²) < 4.78 is 12.1. The molecule has 0 aliphatic rings. The van der Waals surface area contributed by atoms with Crippen LogP contribution in [0.3, 0.4) is 0 Å². The lowest BCUT2D eigenvalue weighted by molar-refractivity contribution is -0.120. The Bertz CT molecular complexity index is 1240. The van der Waals surface area contributed by atoms with E-state index < -0.39 is 0 Å². The van der Waals surface area contributed by atoms with E-state index in [4.69, 9.17) is 9.26 Å². The van der Waals surface area contributed by atoms with Gasteiger partial charge in [0.25, 0.3) is 5.56 Å². The summed E-state index contributed by atoms with van der Waals surface area (Å²) in [5.74, 6) is 0.583. The van der Waals surface area contributed by atoms with Gasteiger partial charge < -0.3 is 14.6 Å². The second-order valence-corrected chi connectivity index (χ2v) is 6.92. The van der Waals surface area contributed by atoms with E-state index in [1.54, 1.807) is 6.07 Å². The van der Waals surface area contributed by atoms with Crippen LogP contribution in [0.4, 0.5) is 0 Å². The zero-order valence-corrected chi connectivity index (χ0v) is 17.1. The molecule has 4 aromatic rings. The molecule has 4 rings (SSSR count). The lowest BCUT2D eigenvalue weighted by Gasteiger charge is -2.08. The van der Waals surface area contributed by atoms with Crippen LogP contribution in [0.5, 0.6) is 5.75 Å². The predicted octanol–water partition coefficient (Wildman–Crippen LogP) is 2.81. The Morgan fingerprint density at radius 1 is 1.16 bits per heavy atom. The Kier molecular flexibility index (Phi) is 6.07. The standard InChI is InChI=1S/C23H22N4O4/c1-2-30-17-9-7-16(8-10-17)19-14-23(29)27(15-25-19)12-11-24-22(28)13-20-18-5-3-4-6-21(18)31-26-20/h3-10,14-15H,2,11-13H2,1H3,(H,24,28). The van der Waals surface area contributed by atoms with Crippen LogP contribution < -0.4 is 15.6 Å². The number of carbonyl (C=O) groups excluding carboxylic acids is 1. The molecule has 0 bridgehead atoms. The number of hydrogen-bond acceptors (Lipinski definition) is 6.